The molecule has 1 aliphatic rings. The molecule has 0 saturated heterocycles. The predicted octanol–water partition coefficient (Wildman–Crippen LogP) is 3.71. The van der Waals surface area contributed by atoms with Crippen molar-refractivity contribution < 1.29 is 22.4 Å². The van der Waals surface area contributed by atoms with Crippen LogP contribution in [0.25, 0.3) is 11.0 Å². The summed E-state index contributed by atoms with van der Waals surface area (Å²) in [5.41, 5.74) is 1.22. The molecule has 170 valence electrons. The van der Waals surface area contributed by atoms with E-state index in [1.807, 2.05) is 4.90 Å². The smallest absolute Gasteiger partial charge is 0.372 e. The van der Waals surface area contributed by atoms with Crippen LogP contribution in [-0.4, -0.2) is 34.7 Å². The van der Waals surface area contributed by atoms with Gasteiger partial charge in [-0.15, -0.1) is 0 Å². The fraction of sp³-hybridized carbons (Fsp3) is 0.364. The highest BCUT2D eigenvalue weighted by Gasteiger charge is 2.48. The lowest BCUT2D eigenvalue weighted by molar-refractivity contribution is -0.196. The Morgan fingerprint density at radius 3 is 2.47 bits per heavy atom. The molecular weight excluding hydrogens is 428 g/mol. The second-order valence-electron chi connectivity index (χ2n) is 8.13. The van der Waals surface area contributed by atoms with Crippen LogP contribution >= 0.6 is 0 Å². The molecule has 0 aliphatic heterocycles. The summed E-state index contributed by atoms with van der Waals surface area (Å²) in [6.45, 7) is 0.144. The van der Waals surface area contributed by atoms with Crippen molar-refractivity contribution >= 4 is 22.6 Å². The molecule has 32 heavy (non-hydrogen) atoms. The van der Waals surface area contributed by atoms with E-state index < -0.39 is 29.5 Å². The molecule has 1 fully saturated rings. The van der Waals surface area contributed by atoms with Crippen LogP contribution in [0.15, 0.2) is 41.2 Å². The van der Waals surface area contributed by atoms with Gasteiger partial charge in [-0.1, -0.05) is 12.1 Å². The first-order chi connectivity index (χ1) is 15.1. The molecule has 0 atom stereocenters. The van der Waals surface area contributed by atoms with Crippen molar-refractivity contribution in [2.75, 3.05) is 11.9 Å². The maximum Gasteiger partial charge on any atom is 0.391 e. The minimum Gasteiger partial charge on any atom is -0.372 e. The number of aryl methyl sites for hydroxylation is 1. The van der Waals surface area contributed by atoms with Crippen molar-refractivity contribution in [1.82, 2.24) is 14.9 Å². The molecule has 0 spiro atoms. The van der Waals surface area contributed by atoms with Gasteiger partial charge in [-0.05, 0) is 42.7 Å². The summed E-state index contributed by atoms with van der Waals surface area (Å²) in [6, 6.07) is 9.76. The van der Waals surface area contributed by atoms with Crippen molar-refractivity contribution in [1.29, 1.82) is 0 Å². The maximum atomic E-state index is 14.7. The molecule has 0 bridgehead atoms. The molecule has 2 aromatic carbocycles. The standard InChI is InChI=1S/C22H22F4N4O2/c1-29(15-9-13(10-15)22(24,25)26)14-5-3-12(4-6-14)11-27-20(31)16-7-8-17-19(18(16)23)28-21(32)30(17)2/h3-8,13,15H,9-11H2,1-2H3,(H,27,31)(H,28,32). The summed E-state index contributed by atoms with van der Waals surface area (Å²) in [5, 5.41) is 2.64. The van der Waals surface area contributed by atoms with Crippen molar-refractivity contribution in [2.24, 2.45) is 13.0 Å². The molecule has 4 rings (SSSR count). The van der Waals surface area contributed by atoms with Crippen LogP contribution < -0.4 is 15.9 Å². The molecule has 1 amide bonds. The molecule has 1 heterocycles. The van der Waals surface area contributed by atoms with Gasteiger partial charge in [0.15, 0.2) is 5.82 Å². The Labute approximate surface area is 180 Å². The van der Waals surface area contributed by atoms with Crippen molar-refractivity contribution in [2.45, 2.75) is 31.6 Å². The Bertz CT molecular complexity index is 1210. The number of hydrogen-bond donors (Lipinski definition) is 2. The number of aromatic nitrogens is 2. The lowest BCUT2D eigenvalue weighted by Crippen LogP contribution is -2.47. The number of anilines is 1. The molecule has 0 unspecified atom stereocenters. The van der Waals surface area contributed by atoms with Gasteiger partial charge in [-0.25, -0.2) is 9.18 Å². The zero-order valence-corrected chi connectivity index (χ0v) is 17.5. The highest BCUT2D eigenvalue weighted by Crippen LogP contribution is 2.43. The van der Waals surface area contributed by atoms with Crippen LogP contribution in [0.5, 0.6) is 0 Å². The van der Waals surface area contributed by atoms with Gasteiger partial charge in [0.1, 0.15) is 5.52 Å². The van der Waals surface area contributed by atoms with Crippen molar-refractivity contribution in [3.63, 3.8) is 0 Å². The van der Waals surface area contributed by atoms with E-state index in [0.29, 0.717) is 5.52 Å². The zero-order valence-electron chi connectivity index (χ0n) is 17.5. The quantitative estimate of drug-likeness (QED) is 0.583. The van der Waals surface area contributed by atoms with Crippen molar-refractivity contribution in [3.05, 3.63) is 63.8 Å². The number of carbonyl (C=O) groups excluding carboxylic acids is 1. The fourth-order valence-electron chi connectivity index (χ4n) is 3.95. The van der Waals surface area contributed by atoms with E-state index in [2.05, 4.69) is 10.3 Å². The second kappa shape index (κ2) is 7.99. The highest BCUT2D eigenvalue weighted by molar-refractivity contribution is 5.97. The van der Waals surface area contributed by atoms with Crippen LogP contribution in [0.1, 0.15) is 28.8 Å². The largest absolute Gasteiger partial charge is 0.391 e. The van der Waals surface area contributed by atoms with E-state index in [1.54, 1.807) is 31.3 Å². The van der Waals surface area contributed by atoms with Crippen molar-refractivity contribution in [3.8, 4) is 0 Å². The number of aromatic amines is 1. The average Bonchev–Trinajstić information content (AvgIpc) is 2.99. The SMILES string of the molecule is CN(c1ccc(CNC(=O)c2ccc3c([nH]c(=O)n3C)c2F)cc1)C1CC(C(F)(F)F)C1. The first-order valence-electron chi connectivity index (χ1n) is 10.1. The van der Waals surface area contributed by atoms with E-state index in [-0.39, 0.29) is 36.5 Å². The Hall–Kier alpha value is -3.30. The highest BCUT2D eigenvalue weighted by atomic mass is 19.4. The second-order valence-corrected chi connectivity index (χ2v) is 8.13. The van der Waals surface area contributed by atoms with Gasteiger partial charge < -0.3 is 15.2 Å². The maximum absolute atomic E-state index is 14.7. The third kappa shape index (κ3) is 3.96. The van der Waals surface area contributed by atoms with Gasteiger partial charge in [0.2, 0.25) is 0 Å². The summed E-state index contributed by atoms with van der Waals surface area (Å²) in [4.78, 5) is 28.3. The number of H-pyrrole nitrogens is 1. The average molecular weight is 450 g/mol. The van der Waals surface area contributed by atoms with Crippen LogP contribution in [0, 0.1) is 11.7 Å². The fourth-order valence-corrected chi connectivity index (χ4v) is 3.95. The minimum absolute atomic E-state index is 0.0266. The van der Waals surface area contributed by atoms with Crippen LogP contribution in [0.3, 0.4) is 0 Å². The van der Waals surface area contributed by atoms with E-state index in [9.17, 15) is 27.2 Å². The zero-order chi connectivity index (χ0) is 23.2. The minimum atomic E-state index is -4.14. The number of alkyl halides is 3. The predicted molar refractivity (Wildman–Crippen MR) is 112 cm³/mol. The van der Waals surface area contributed by atoms with Gasteiger partial charge in [0.05, 0.1) is 17.0 Å². The van der Waals surface area contributed by atoms with Gasteiger partial charge in [0.25, 0.3) is 5.91 Å². The van der Waals surface area contributed by atoms with E-state index >= 15 is 0 Å². The first-order valence-corrected chi connectivity index (χ1v) is 10.1. The van der Waals surface area contributed by atoms with Crippen LogP contribution in [-0.2, 0) is 13.6 Å². The van der Waals surface area contributed by atoms with E-state index in [0.717, 1.165) is 11.3 Å². The normalized spacial score (nSPS) is 18.4. The molecule has 0 radical (unpaired) electrons. The van der Waals surface area contributed by atoms with Crippen LogP contribution in [0.2, 0.25) is 0 Å². The third-order valence-corrected chi connectivity index (χ3v) is 6.18. The third-order valence-electron chi connectivity index (χ3n) is 6.18. The summed E-state index contributed by atoms with van der Waals surface area (Å²) in [7, 11) is 3.27. The number of imidazole rings is 1. The Balaban J connectivity index is 1.37. The number of carbonyl (C=O) groups is 1. The number of nitrogens with one attached hydrogen (secondary N) is 2. The molecule has 3 aromatic rings. The first kappa shape index (κ1) is 21.9. The number of nitrogens with zero attached hydrogens (tertiary/aromatic N) is 2. The van der Waals surface area contributed by atoms with Gasteiger partial charge in [-0.3, -0.25) is 9.36 Å². The van der Waals surface area contributed by atoms with Crippen LogP contribution in [0.4, 0.5) is 23.2 Å². The molecule has 6 nitrogen and oxygen atoms in total. The molecule has 1 aromatic heterocycles. The van der Waals surface area contributed by atoms with E-state index in [1.165, 1.54) is 23.7 Å². The molecule has 2 N–H and O–H groups in total. The van der Waals surface area contributed by atoms with Gasteiger partial charge >= 0.3 is 11.9 Å². The van der Waals surface area contributed by atoms with Gasteiger partial charge in [-0.2, -0.15) is 13.2 Å². The number of fused-ring (bicyclic) bond motifs is 1. The molecular formula is C22H22F4N4O2. The number of hydrogen-bond acceptors (Lipinski definition) is 3. The number of halogens is 4. The number of amides is 1. The molecule has 1 saturated carbocycles. The Morgan fingerprint density at radius 1 is 1.19 bits per heavy atom. The lowest BCUT2D eigenvalue weighted by Gasteiger charge is -2.43. The summed E-state index contributed by atoms with van der Waals surface area (Å²) in [5.74, 6) is -2.66. The number of benzene rings is 2. The number of rotatable bonds is 5. The summed E-state index contributed by atoms with van der Waals surface area (Å²) >= 11 is 0. The molecule has 10 heteroatoms. The summed E-state index contributed by atoms with van der Waals surface area (Å²) < 4.78 is 54.0. The Morgan fingerprint density at radius 2 is 1.84 bits per heavy atom. The lowest BCUT2D eigenvalue weighted by atomic mass is 9.79. The Kier molecular flexibility index (Phi) is 5.47. The molecule has 1 aliphatic carbocycles. The van der Waals surface area contributed by atoms with E-state index in [4.69, 9.17) is 0 Å². The monoisotopic (exact) mass is 450 g/mol. The topological polar surface area (TPSA) is 70.1 Å². The van der Waals surface area contributed by atoms with Gasteiger partial charge in [0, 0.05) is 32.4 Å². The summed E-state index contributed by atoms with van der Waals surface area (Å²) in [6.07, 6.45) is -3.97.